The summed E-state index contributed by atoms with van der Waals surface area (Å²) in [6.07, 6.45) is 4.63. The molecular formula is C23H27N3O2S. The first-order valence-corrected chi connectivity index (χ1v) is 10.8. The van der Waals surface area contributed by atoms with Crippen LogP contribution in [0, 0.1) is 6.92 Å². The van der Waals surface area contributed by atoms with E-state index in [1.165, 1.54) is 17.3 Å². The van der Waals surface area contributed by atoms with Crippen LogP contribution in [0.1, 0.15) is 42.9 Å². The van der Waals surface area contributed by atoms with Gasteiger partial charge in [-0.25, -0.2) is 0 Å². The third-order valence-electron chi connectivity index (χ3n) is 4.91. The maximum absolute atomic E-state index is 13.0. The van der Waals surface area contributed by atoms with Crippen molar-refractivity contribution in [3.05, 3.63) is 65.2 Å². The van der Waals surface area contributed by atoms with Crippen molar-refractivity contribution in [2.45, 2.75) is 44.9 Å². The van der Waals surface area contributed by atoms with E-state index in [4.69, 9.17) is 4.74 Å². The van der Waals surface area contributed by atoms with Crippen molar-refractivity contribution in [2.24, 2.45) is 10.2 Å². The van der Waals surface area contributed by atoms with Crippen molar-refractivity contribution in [3.63, 3.8) is 0 Å². The predicted octanol–water partition coefficient (Wildman–Crippen LogP) is 5.03. The lowest BCUT2D eigenvalue weighted by Gasteiger charge is -2.17. The van der Waals surface area contributed by atoms with E-state index in [2.05, 4.69) is 36.2 Å². The summed E-state index contributed by atoms with van der Waals surface area (Å²) in [5.41, 5.74) is 3.14. The van der Waals surface area contributed by atoms with Crippen molar-refractivity contribution < 1.29 is 9.53 Å². The largest absolute Gasteiger partial charge is 0.496 e. The summed E-state index contributed by atoms with van der Waals surface area (Å²) in [6, 6.07) is 15.8. The molecule has 2 aromatic rings. The first kappa shape index (κ1) is 21.1. The van der Waals surface area contributed by atoms with Crippen LogP contribution < -0.4 is 4.74 Å². The maximum atomic E-state index is 13.0. The Kier molecular flexibility index (Phi) is 7.47. The summed E-state index contributed by atoms with van der Waals surface area (Å²) < 4.78 is 5.35. The number of rotatable bonds is 8. The molecule has 5 nitrogen and oxygen atoms in total. The molecule has 6 heteroatoms. The van der Waals surface area contributed by atoms with E-state index in [1.807, 2.05) is 36.4 Å². The van der Waals surface area contributed by atoms with Crippen LogP contribution in [-0.4, -0.2) is 34.5 Å². The van der Waals surface area contributed by atoms with Crippen LogP contribution in [-0.2, 0) is 11.3 Å². The molecule has 3 rings (SSSR count). The van der Waals surface area contributed by atoms with Gasteiger partial charge in [-0.2, -0.15) is 5.10 Å². The molecule has 0 N–H and O–H groups in total. The highest BCUT2D eigenvalue weighted by molar-refractivity contribution is 8.15. The summed E-state index contributed by atoms with van der Waals surface area (Å²) in [4.78, 5) is 14.8. The lowest BCUT2D eigenvalue weighted by molar-refractivity contribution is -0.126. The molecular weight excluding hydrogens is 382 g/mol. The van der Waals surface area contributed by atoms with Crippen molar-refractivity contribution in [1.29, 1.82) is 0 Å². The number of thioether (sulfide) groups is 1. The highest BCUT2D eigenvalue weighted by Crippen LogP contribution is 2.32. The molecule has 1 fully saturated rings. The topological polar surface area (TPSA) is 54.3 Å². The number of aryl methyl sites for hydroxylation is 1. The first-order chi connectivity index (χ1) is 14.1. The Morgan fingerprint density at radius 1 is 1.17 bits per heavy atom. The lowest BCUT2D eigenvalue weighted by Crippen LogP contribution is -2.31. The van der Waals surface area contributed by atoms with Crippen LogP contribution in [0.2, 0.25) is 0 Å². The van der Waals surface area contributed by atoms with Gasteiger partial charge in [-0.05, 0) is 36.6 Å². The van der Waals surface area contributed by atoms with Crippen LogP contribution in [0.5, 0.6) is 5.75 Å². The Hall–Kier alpha value is -2.60. The van der Waals surface area contributed by atoms with Gasteiger partial charge in [0.15, 0.2) is 5.17 Å². The minimum Gasteiger partial charge on any atom is -0.496 e. The van der Waals surface area contributed by atoms with Gasteiger partial charge in [-0.15, -0.1) is 5.10 Å². The molecule has 0 bridgehead atoms. The van der Waals surface area contributed by atoms with Gasteiger partial charge >= 0.3 is 0 Å². The van der Waals surface area contributed by atoms with Crippen molar-refractivity contribution in [3.8, 4) is 5.75 Å². The van der Waals surface area contributed by atoms with Gasteiger partial charge < -0.3 is 4.74 Å². The number of methoxy groups -OCH3 is 1. The Morgan fingerprint density at radius 3 is 2.69 bits per heavy atom. The number of hydrogen-bond donors (Lipinski definition) is 0. The average Bonchev–Trinajstić information content (AvgIpc) is 3.03. The highest BCUT2D eigenvalue weighted by Gasteiger charge is 2.37. The SMILES string of the molecule is CCCCC1S/C(=N\N=C\c2ccccc2OC)N(Cc2ccccc2C)C1=O. The number of unbranched alkanes of at least 4 members (excludes halogenated alkanes) is 1. The quantitative estimate of drug-likeness (QED) is 0.454. The van der Waals surface area contributed by atoms with Crippen LogP contribution in [0.25, 0.3) is 0 Å². The number of benzene rings is 2. The first-order valence-electron chi connectivity index (χ1n) is 9.90. The molecule has 29 heavy (non-hydrogen) atoms. The Balaban J connectivity index is 1.84. The van der Waals surface area contributed by atoms with E-state index in [-0.39, 0.29) is 11.2 Å². The van der Waals surface area contributed by atoms with E-state index in [1.54, 1.807) is 18.2 Å². The third kappa shape index (κ3) is 5.26. The molecule has 1 heterocycles. The Morgan fingerprint density at radius 2 is 1.93 bits per heavy atom. The van der Waals surface area contributed by atoms with Crippen molar-refractivity contribution in [1.82, 2.24) is 4.90 Å². The molecule has 1 aliphatic rings. The summed E-state index contributed by atoms with van der Waals surface area (Å²) in [5.74, 6) is 0.863. The van der Waals surface area contributed by atoms with Gasteiger partial charge in [0.05, 0.1) is 25.1 Å². The van der Waals surface area contributed by atoms with Crippen molar-refractivity contribution >= 4 is 29.1 Å². The average molecular weight is 410 g/mol. The molecule has 0 aromatic heterocycles. The number of carbonyl (C=O) groups excluding carboxylic acids is 1. The minimum atomic E-state index is -0.0841. The second kappa shape index (κ2) is 10.3. The van der Waals surface area contributed by atoms with E-state index in [9.17, 15) is 4.79 Å². The normalized spacial score (nSPS) is 18.2. The summed E-state index contributed by atoms with van der Waals surface area (Å²) in [7, 11) is 1.63. The van der Waals surface area contributed by atoms with Gasteiger partial charge in [-0.3, -0.25) is 9.69 Å². The molecule has 1 saturated heterocycles. The van der Waals surface area contributed by atoms with Gasteiger partial charge in [-0.1, -0.05) is 67.9 Å². The molecule has 1 aliphatic heterocycles. The molecule has 0 aliphatic carbocycles. The summed E-state index contributed by atoms with van der Waals surface area (Å²) in [5, 5.41) is 9.25. The van der Waals surface area contributed by atoms with E-state index in [0.29, 0.717) is 11.7 Å². The van der Waals surface area contributed by atoms with Crippen LogP contribution in [0.3, 0.4) is 0 Å². The molecule has 2 aromatic carbocycles. The van der Waals surface area contributed by atoms with Gasteiger partial charge in [0.25, 0.3) is 0 Å². The smallest absolute Gasteiger partial charge is 0.242 e. The fourth-order valence-corrected chi connectivity index (χ4v) is 4.32. The fourth-order valence-electron chi connectivity index (χ4n) is 3.18. The zero-order valence-electron chi connectivity index (χ0n) is 17.2. The second-order valence-corrected chi connectivity index (χ2v) is 8.14. The monoisotopic (exact) mass is 409 g/mol. The molecule has 0 radical (unpaired) electrons. The third-order valence-corrected chi connectivity index (χ3v) is 6.14. The van der Waals surface area contributed by atoms with Crippen LogP contribution >= 0.6 is 11.8 Å². The molecule has 1 atom stereocenters. The van der Waals surface area contributed by atoms with E-state index < -0.39 is 0 Å². The van der Waals surface area contributed by atoms with Gasteiger partial charge in [0, 0.05) is 5.56 Å². The van der Waals surface area contributed by atoms with Crippen LogP contribution in [0.4, 0.5) is 0 Å². The predicted molar refractivity (Wildman–Crippen MR) is 121 cm³/mol. The molecule has 1 amide bonds. The zero-order chi connectivity index (χ0) is 20.6. The lowest BCUT2D eigenvalue weighted by atomic mass is 10.1. The Bertz CT molecular complexity index is 911. The van der Waals surface area contributed by atoms with E-state index in [0.717, 1.165) is 36.1 Å². The molecule has 152 valence electrons. The van der Waals surface area contributed by atoms with Crippen LogP contribution in [0.15, 0.2) is 58.7 Å². The molecule has 0 saturated carbocycles. The minimum absolute atomic E-state index is 0.0841. The van der Waals surface area contributed by atoms with Gasteiger partial charge in [0.1, 0.15) is 5.75 Å². The van der Waals surface area contributed by atoms with Crippen molar-refractivity contribution in [2.75, 3.05) is 7.11 Å². The fraction of sp³-hybridized carbons (Fsp3) is 0.348. The number of amides is 1. The standard InChI is InChI=1S/C23H27N3O2S/c1-4-5-14-21-22(27)26(16-19-12-7-6-10-17(19)2)23(29-21)25-24-15-18-11-8-9-13-20(18)28-3/h6-13,15,21H,4-5,14,16H2,1-3H3/b24-15+,25-23-. The highest BCUT2D eigenvalue weighted by atomic mass is 32.2. The number of carbonyl (C=O) groups is 1. The number of hydrogen-bond acceptors (Lipinski definition) is 5. The van der Waals surface area contributed by atoms with Gasteiger partial charge in [0.2, 0.25) is 5.91 Å². The zero-order valence-corrected chi connectivity index (χ0v) is 18.0. The summed E-state index contributed by atoms with van der Waals surface area (Å²) in [6.45, 7) is 4.72. The summed E-state index contributed by atoms with van der Waals surface area (Å²) >= 11 is 1.52. The second-order valence-electron chi connectivity index (χ2n) is 6.97. The molecule has 1 unspecified atom stereocenters. The van der Waals surface area contributed by atoms with E-state index >= 15 is 0 Å². The number of amidine groups is 1. The number of ether oxygens (including phenoxy) is 1. The maximum Gasteiger partial charge on any atom is 0.242 e. The number of nitrogens with zero attached hydrogens (tertiary/aromatic N) is 3. The Labute approximate surface area is 176 Å². The molecule has 0 spiro atoms. The number of para-hydroxylation sites is 1.